The van der Waals surface area contributed by atoms with Crippen LogP contribution < -0.4 is 5.32 Å². The number of nitrogens with zero attached hydrogens (tertiary/aromatic N) is 1. The van der Waals surface area contributed by atoms with Crippen LogP contribution in [0.15, 0.2) is 48.5 Å². The largest absolute Gasteiger partial charge is 0.358 e. The monoisotopic (exact) mass is 314 g/mol. The number of rotatable bonds is 3. The van der Waals surface area contributed by atoms with E-state index in [0.29, 0.717) is 6.54 Å². The third kappa shape index (κ3) is 3.01. The summed E-state index contributed by atoms with van der Waals surface area (Å²) in [5.41, 5.74) is 3.60. The lowest BCUT2D eigenvalue weighted by Gasteiger charge is -2.36. The molecule has 1 aliphatic heterocycles. The van der Waals surface area contributed by atoms with Crippen molar-refractivity contribution in [2.24, 2.45) is 0 Å². The number of hydrogen-bond acceptors (Lipinski definition) is 2. The zero-order valence-corrected chi connectivity index (χ0v) is 13.3. The van der Waals surface area contributed by atoms with Gasteiger partial charge in [-0.05, 0) is 29.2 Å². The normalized spacial score (nSPS) is 17.8. The molecule has 0 fully saturated rings. The smallest absolute Gasteiger partial charge is 0.237 e. The Morgan fingerprint density at radius 1 is 1.18 bits per heavy atom. The van der Waals surface area contributed by atoms with E-state index < -0.39 is 0 Å². The first kappa shape index (κ1) is 15.1. The molecule has 1 amide bonds. The Balaban J connectivity index is 1.90. The maximum Gasteiger partial charge on any atom is 0.237 e. The van der Waals surface area contributed by atoms with E-state index in [1.165, 1.54) is 11.1 Å². The van der Waals surface area contributed by atoms with E-state index in [4.69, 9.17) is 11.6 Å². The number of carbonyl (C=O) groups is 1. The molecule has 0 bridgehead atoms. The van der Waals surface area contributed by atoms with Crippen molar-refractivity contribution in [2.45, 2.75) is 25.6 Å². The first-order valence-corrected chi connectivity index (χ1v) is 7.82. The Morgan fingerprint density at radius 2 is 1.86 bits per heavy atom. The molecule has 0 saturated carbocycles. The topological polar surface area (TPSA) is 32.3 Å². The van der Waals surface area contributed by atoms with Crippen LogP contribution in [-0.2, 0) is 24.3 Å². The molecule has 1 heterocycles. The minimum atomic E-state index is -0.156. The summed E-state index contributed by atoms with van der Waals surface area (Å²) in [6.07, 6.45) is 0.736. The summed E-state index contributed by atoms with van der Waals surface area (Å²) in [7, 11) is 1.69. The van der Waals surface area contributed by atoms with E-state index in [-0.39, 0.29) is 11.9 Å². The van der Waals surface area contributed by atoms with Crippen LogP contribution in [0.3, 0.4) is 0 Å². The minimum absolute atomic E-state index is 0.0570. The van der Waals surface area contributed by atoms with E-state index in [1.807, 2.05) is 36.4 Å². The number of likely N-dealkylation sites (N-methyl/N-ethyl adjacent to an activating group) is 1. The lowest BCUT2D eigenvalue weighted by Crippen LogP contribution is -2.49. The van der Waals surface area contributed by atoms with Crippen LogP contribution in [0.2, 0.25) is 5.02 Å². The average molecular weight is 315 g/mol. The zero-order valence-electron chi connectivity index (χ0n) is 12.6. The number of hydrogen-bond donors (Lipinski definition) is 1. The van der Waals surface area contributed by atoms with Crippen molar-refractivity contribution in [3.05, 3.63) is 70.2 Å². The van der Waals surface area contributed by atoms with E-state index in [9.17, 15) is 4.79 Å². The number of benzene rings is 2. The number of nitrogens with one attached hydrogen (secondary N) is 1. The second-order valence-electron chi connectivity index (χ2n) is 5.60. The van der Waals surface area contributed by atoms with Gasteiger partial charge in [-0.3, -0.25) is 9.69 Å². The number of amides is 1. The highest BCUT2D eigenvalue weighted by atomic mass is 35.5. The molecule has 22 heavy (non-hydrogen) atoms. The number of halogens is 1. The number of fused-ring (bicyclic) bond motifs is 1. The molecule has 1 aliphatic rings. The Hall–Kier alpha value is -1.84. The molecule has 1 atom stereocenters. The Kier molecular flexibility index (Phi) is 4.46. The van der Waals surface area contributed by atoms with Crippen molar-refractivity contribution in [2.75, 3.05) is 7.05 Å². The highest BCUT2D eigenvalue weighted by molar-refractivity contribution is 6.31. The predicted molar refractivity (Wildman–Crippen MR) is 88.7 cm³/mol. The third-order valence-electron chi connectivity index (χ3n) is 4.23. The fourth-order valence-corrected chi connectivity index (χ4v) is 3.21. The summed E-state index contributed by atoms with van der Waals surface area (Å²) in [5.74, 6) is 0.0570. The van der Waals surface area contributed by atoms with Crippen LogP contribution in [-0.4, -0.2) is 23.9 Å². The molecule has 0 aliphatic carbocycles. The van der Waals surface area contributed by atoms with Gasteiger partial charge in [-0.25, -0.2) is 0 Å². The van der Waals surface area contributed by atoms with Gasteiger partial charge in [0.25, 0.3) is 0 Å². The predicted octanol–water partition coefficient (Wildman–Crippen LogP) is 3.01. The van der Waals surface area contributed by atoms with Crippen molar-refractivity contribution < 1.29 is 4.79 Å². The van der Waals surface area contributed by atoms with E-state index in [1.54, 1.807) is 7.05 Å². The standard InChI is InChI=1S/C18H19ClN2O/c1-20-18(22)17-10-13-6-2-3-7-14(13)11-21(17)12-15-8-4-5-9-16(15)19/h2-9,17H,10-12H2,1H3,(H,20,22)/t17-/m0/s1. The minimum Gasteiger partial charge on any atom is -0.358 e. The van der Waals surface area contributed by atoms with Crippen molar-refractivity contribution in [3.63, 3.8) is 0 Å². The molecule has 0 aromatic heterocycles. The summed E-state index contributed by atoms with van der Waals surface area (Å²) in [6, 6.07) is 16.0. The molecular formula is C18H19ClN2O. The van der Waals surface area contributed by atoms with Gasteiger partial charge in [-0.1, -0.05) is 54.1 Å². The van der Waals surface area contributed by atoms with Gasteiger partial charge < -0.3 is 5.32 Å². The molecule has 4 heteroatoms. The molecule has 114 valence electrons. The summed E-state index contributed by atoms with van der Waals surface area (Å²) in [4.78, 5) is 14.5. The Labute approximate surface area is 135 Å². The van der Waals surface area contributed by atoms with Crippen LogP contribution >= 0.6 is 11.6 Å². The van der Waals surface area contributed by atoms with Gasteiger partial charge in [-0.15, -0.1) is 0 Å². The first-order valence-electron chi connectivity index (χ1n) is 7.45. The van der Waals surface area contributed by atoms with Gasteiger partial charge >= 0.3 is 0 Å². The summed E-state index contributed by atoms with van der Waals surface area (Å²) >= 11 is 6.28. The van der Waals surface area contributed by atoms with E-state index in [0.717, 1.165) is 23.6 Å². The highest BCUT2D eigenvalue weighted by Crippen LogP contribution is 2.27. The molecule has 0 radical (unpaired) electrons. The molecule has 2 aromatic rings. The van der Waals surface area contributed by atoms with Crippen molar-refractivity contribution in [1.29, 1.82) is 0 Å². The van der Waals surface area contributed by atoms with Crippen LogP contribution in [0.1, 0.15) is 16.7 Å². The molecule has 3 rings (SSSR count). The quantitative estimate of drug-likeness (QED) is 0.944. The molecule has 0 spiro atoms. The lowest BCUT2D eigenvalue weighted by molar-refractivity contribution is -0.126. The van der Waals surface area contributed by atoms with Gasteiger partial charge in [0.05, 0.1) is 6.04 Å². The first-order chi connectivity index (χ1) is 10.7. The molecule has 0 unspecified atom stereocenters. The van der Waals surface area contributed by atoms with Gasteiger partial charge in [0.15, 0.2) is 0 Å². The zero-order chi connectivity index (χ0) is 15.5. The summed E-state index contributed by atoms with van der Waals surface area (Å²) in [5, 5.41) is 3.53. The highest BCUT2D eigenvalue weighted by Gasteiger charge is 2.31. The number of carbonyl (C=O) groups excluding carboxylic acids is 1. The van der Waals surface area contributed by atoms with Crippen molar-refractivity contribution in [3.8, 4) is 0 Å². The average Bonchev–Trinajstić information content (AvgIpc) is 2.55. The second-order valence-corrected chi connectivity index (χ2v) is 6.01. The molecular weight excluding hydrogens is 296 g/mol. The van der Waals surface area contributed by atoms with Crippen molar-refractivity contribution in [1.82, 2.24) is 10.2 Å². The summed E-state index contributed by atoms with van der Waals surface area (Å²) in [6.45, 7) is 1.44. The fraction of sp³-hybridized carbons (Fsp3) is 0.278. The molecule has 2 aromatic carbocycles. The van der Waals surface area contributed by atoms with Crippen LogP contribution in [0.25, 0.3) is 0 Å². The van der Waals surface area contributed by atoms with E-state index >= 15 is 0 Å². The summed E-state index contributed by atoms with van der Waals surface area (Å²) < 4.78 is 0. The van der Waals surface area contributed by atoms with Crippen LogP contribution in [0.4, 0.5) is 0 Å². The van der Waals surface area contributed by atoms with Gasteiger partial charge in [-0.2, -0.15) is 0 Å². The van der Waals surface area contributed by atoms with Crippen molar-refractivity contribution >= 4 is 17.5 Å². The Morgan fingerprint density at radius 3 is 2.59 bits per heavy atom. The molecule has 1 N–H and O–H groups in total. The SMILES string of the molecule is CNC(=O)[C@@H]1Cc2ccccc2CN1Cc1ccccc1Cl. The van der Waals surface area contributed by atoms with Crippen LogP contribution in [0, 0.1) is 0 Å². The van der Waals surface area contributed by atoms with Gasteiger partial charge in [0.2, 0.25) is 5.91 Å². The maximum absolute atomic E-state index is 12.3. The van der Waals surface area contributed by atoms with Gasteiger partial charge in [0, 0.05) is 25.2 Å². The third-order valence-corrected chi connectivity index (χ3v) is 4.59. The van der Waals surface area contributed by atoms with E-state index in [2.05, 4.69) is 22.3 Å². The lowest BCUT2D eigenvalue weighted by atomic mass is 9.93. The fourth-order valence-electron chi connectivity index (χ4n) is 3.01. The van der Waals surface area contributed by atoms with Gasteiger partial charge in [0.1, 0.15) is 0 Å². The van der Waals surface area contributed by atoms with Crippen LogP contribution in [0.5, 0.6) is 0 Å². The maximum atomic E-state index is 12.3. The molecule has 3 nitrogen and oxygen atoms in total. The second kappa shape index (κ2) is 6.51. The molecule has 0 saturated heterocycles. The Bertz CT molecular complexity index is 686.